The summed E-state index contributed by atoms with van der Waals surface area (Å²) in [7, 11) is 2.22. The molecule has 2 heterocycles. The Kier molecular flexibility index (Phi) is 5.28. The van der Waals surface area contributed by atoms with Gasteiger partial charge < -0.3 is 15.5 Å². The summed E-state index contributed by atoms with van der Waals surface area (Å²) in [6.45, 7) is 12.9. The molecule has 0 aromatic carbocycles. The lowest BCUT2D eigenvalue weighted by Gasteiger charge is -2.30. The average molecular weight is 311 g/mol. The minimum atomic E-state index is 0.0633. The van der Waals surface area contributed by atoms with Crippen molar-refractivity contribution in [2.45, 2.75) is 58.5 Å². The van der Waals surface area contributed by atoms with Gasteiger partial charge in [0, 0.05) is 36.0 Å². The summed E-state index contributed by atoms with van der Waals surface area (Å²) in [4.78, 5) is 11.2. The minimum absolute atomic E-state index is 0.0633. The lowest BCUT2D eigenvalue weighted by Crippen LogP contribution is -2.39. The van der Waals surface area contributed by atoms with Crippen molar-refractivity contribution in [1.82, 2.24) is 9.88 Å². The van der Waals surface area contributed by atoms with Crippen molar-refractivity contribution in [2.75, 3.05) is 31.6 Å². The van der Waals surface area contributed by atoms with Crippen LogP contribution in [0.25, 0.3) is 0 Å². The third-order valence-electron chi connectivity index (χ3n) is 4.20. The van der Waals surface area contributed by atoms with E-state index in [9.17, 15) is 0 Å². The number of thiazole rings is 1. The highest BCUT2D eigenvalue weighted by Gasteiger charge is 2.28. The molecule has 1 saturated heterocycles. The van der Waals surface area contributed by atoms with Crippen molar-refractivity contribution in [3.63, 3.8) is 0 Å². The van der Waals surface area contributed by atoms with E-state index in [4.69, 9.17) is 10.7 Å². The molecule has 0 radical (unpaired) electrons. The summed E-state index contributed by atoms with van der Waals surface area (Å²) in [5, 5.41) is 1.17. The zero-order chi connectivity index (χ0) is 15.6. The van der Waals surface area contributed by atoms with Crippen LogP contribution in [-0.4, -0.2) is 42.6 Å². The topological polar surface area (TPSA) is 45.4 Å². The molecule has 0 amide bonds. The molecule has 21 heavy (non-hydrogen) atoms. The van der Waals surface area contributed by atoms with E-state index in [1.165, 1.54) is 28.7 Å². The fraction of sp³-hybridized carbons (Fsp3) is 0.812. The van der Waals surface area contributed by atoms with Gasteiger partial charge in [-0.1, -0.05) is 27.7 Å². The molecule has 4 nitrogen and oxygen atoms in total. The molecule has 0 bridgehead atoms. The first-order chi connectivity index (χ1) is 9.86. The Morgan fingerprint density at radius 3 is 2.57 bits per heavy atom. The second-order valence-electron chi connectivity index (χ2n) is 7.09. The maximum absolute atomic E-state index is 5.95. The van der Waals surface area contributed by atoms with Gasteiger partial charge in [-0.15, -0.1) is 11.3 Å². The van der Waals surface area contributed by atoms with Crippen molar-refractivity contribution < 1.29 is 0 Å². The van der Waals surface area contributed by atoms with Crippen LogP contribution in [0.3, 0.4) is 0 Å². The van der Waals surface area contributed by atoms with Crippen molar-refractivity contribution in [3.8, 4) is 0 Å². The van der Waals surface area contributed by atoms with Crippen LogP contribution in [0.15, 0.2) is 0 Å². The Hall–Kier alpha value is -0.650. The first-order valence-electron chi connectivity index (χ1n) is 8.02. The van der Waals surface area contributed by atoms with Gasteiger partial charge in [-0.3, -0.25) is 0 Å². The molecule has 2 N–H and O–H groups in total. The lowest BCUT2D eigenvalue weighted by atomic mass is 9.91. The van der Waals surface area contributed by atoms with Gasteiger partial charge in [-0.25, -0.2) is 4.98 Å². The molecule has 1 atom stereocenters. The molecule has 0 aliphatic carbocycles. The Bertz CT molecular complexity index is 463. The number of hydrogen-bond acceptors (Lipinski definition) is 5. The van der Waals surface area contributed by atoms with Gasteiger partial charge in [0.05, 0.1) is 5.69 Å². The molecule has 0 saturated carbocycles. The third kappa shape index (κ3) is 3.76. The Morgan fingerprint density at radius 2 is 2.05 bits per heavy atom. The molecule has 1 aromatic heterocycles. The van der Waals surface area contributed by atoms with E-state index < -0.39 is 0 Å². The number of anilines is 1. The minimum Gasteiger partial charge on any atom is -0.344 e. The van der Waals surface area contributed by atoms with E-state index in [-0.39, 0.29) is 5.41 Å². The SMILES string of the molecule is CCC1CN(C)CCCN1c1nc(C(C)(C)C)c(CN)s1. The van der Waals surface area contributed by atoms with Crippen LogP contribution in [0, 0.1) is 0 Å². The Balaban J connectivity index is 2.33. The number of hydrogen-bond donors (Lipinski definition) is 1. The van der Waals surface area contributed by atoms with Crippen LogP contribution >= 0.6 is 11.3 Å². The molecular weight excluding hydrogens is 280 g/mol. The first kappa shape index (κ1) is 16.7. The summed E-state index contributed by atoms with van der Waals surface area (Å²) in [6.07, 6.45) is 2.36. The average Bonchev–Trinajstić information content (AvgIpc) is 2.76. The zero-order valence-corrected chi connectivity index (χ0v) is 15.0. The van der Waals surface area contributed by atoms with E-state index in [0.29, 0.717) is 12.6 Å². The highest BCUT2D eigenvalue weighted by Crippen LogP contribution is 2.35. The molecule has 5 heteroatoms. The molecule has 1 aromatic rings. The molecular formula is C16H30N4S. The monoisotopic (exact) mass is 310 g/mol. The maximum atomic E-state index is 5.95. The number of nitrogens with zero attached hydrogens (tertiary/aromatic N) is 3. The van der Waals surface area contributed by atoms with Gasteiger partial charge in [0.1, 0.15) is 0 Å². The van der Waals surface area contributed by atoms with Crippen LogP contribution < -0.4 is 10.6 Å². The second kappa shape index (κ2) is 6.63. The van der Waals surface area contributed by atoms with Gasteiger partial charge >= 0.3 is 0 Å². The molecule has 1 aliphatic rings. The van der Waals surface area contributed by atoms with Crippen molar-refractivity contribution in [3.05, 3.63) is 10.6 Å². The highest BCUT2D eigenvalue weighted by atomic mass is 32.1. The zero-order valence-electron chi connectivity index (χ0n) is 14.1. The van der Waals surface area contributed by atoms with Crippen LogP contribution in [0.5, 0.6) is 0 Å². The molecule has 2 rings (SSSR count). The number of likely N-dealkylation sites (N-methyl/N-ethyl adjacent to an activating group) is 1. The summed E-state index contributed by atoms with van der Waals surface area (Å²) in [6, 6.07) is 0.557. The number of rotatable bonds is 3. The quantitative estimate of drug-likeness (QED) is 0.932. The Labute approximate surface area is 133 Å². The largest absolute Gasteiger partial charge is 0.344 e. The van der Waals surface area contributed by atoms with Gasteiger partial charge in [0.2, 0.25) is 0 Å². The van der Waals surface area contributed by atoms with Gasteiger partial charge in [0.15, 0.2) is 5.13 Å². The second-order valence-corrected chi connectivity index (χ2v) is 8.16. The lowest BCUT2D eigenvalue weighted by molar-refractivity contribution is 0.328. The van der Waals surface area contributed by atoms with Crippen LogP contribution in [0.4, 0.5) is 5.13 Å². The fourth-order valence-corrected chi connectivity index (χ4v) is 4.28. The van der Waals surface area contributed by atoms with Gasteiger partial charge in [0.25, 0.3) is 0 Å². The normalized spacial score (nSPS) is 21.6. The fourth-order valence-electron chi connectivity index (χ4n) is 3.03. The van der Waals surface area contributed by atoms with Gasteiger partial charge in [-0.2, -0.15) is 0 Å². The maximum Gasteiger partial charge on any atom is 0.186 e. The number of aromatic nitrogens is 1. The van der Waals surface area contributed by atoms with Crippen molar-refractivity contribution >= 4 is 16.5 Å². The van der Waals surface area contributed by atoms with E-state index in [1.54, 1.807) is 11.3 Å². The van der Waals surface area contributed by atoms with Crippen LogP contribution in [0.1, 0.15) is 51.1 Å². The van der Waals surface area contributed by atoms with E-state index in [1.807, 2.05) is 0 Å². The van der Waals surface area contributed by atoms with Crippen LogP contribution in [-0.2, 0) is 12.0 Å². The number of nitrogens with two attached hydrogens (primary N) is 1. The standard InChI is InChI=1S/C16H30N4S/c1-6-12-11-19(5)8-7-9-20(12)15-18-14(16(2,3)4)13(10-17)21-15/h12H,6-11,17H2,1-5H3. The van der Waals surface area contributed by atoms with Gasteiger partial charge in [-0.05, 0) is 26.4 Å². The molecule has 120 valence electrons. The summed E-state index contributed by atoms with van der Waals surface area (Å²) in [5.74, 6) is 0. The first-order valence-corrected chi connectivity index (χ1v) is 8.84. The molecule has 0 spiro atoms. The van der Waals surface area contributed by atoms with E-state index >= 15 is 0 Å². The molecule has 1 aliphatic heterocycles. The van der Waals surface area contributed by atoms with Crippen molar-refractivity contribution in [1.29, 1.82) is 0 Å². The van der Waals surface area contributed by atoms with E-state index in [2.05, 4.69) is 44.5 Å². The highest BCUT2D eigenvalue weighted by molar-refractivity contribution is 7.15. The van der Waals surface area contributed by atoms with Crippen LogP contribution in [0.2, 0.25) is 0 Å². The van der Waals surface area contributed by atoms with Crippen molar-refractivity contribution in [2.24, 2.45) is 5.73 Å². The Morgan fingerprint density at radius 1 is 1.33 bits per heavy atom. The third-order valence-corrected chi connectivity index (χ3v) is 5.32. The molecule has 1 unspecified atom stereocenters. The predicted octanol–water partition coefficient (Wildman–Crippen LogP) is 2.82. The van der Waals surface area contributed by atoms with E-state index in [0.717, 1.165) is 19.5 Å². The smallest absolute Gasteiger partial charge is 0.186 e. The predicted molar refractivity (Wildman–Crippen MR) is 92.2 cm³/mol. The summed E-state index contributed by atoms with van der Waals surface area (Å²) in [5.41, 5.74) is 7.20. The summed E-state index contributed by atoms with van der Waals surface area (Å²) < 4.78 is 0. The molecule has 1 fully saturated rings. The summed E-state index contributed by atoms with van der Waals surface area (Å²) >= 11 is 1.79.